The van der Waals surface area contributed by atoms with Crippen LogP contribution in [0.15, 0.2) is 0 Å². The molecule has 1 nitrogen and oxygen atoms in total. The molecule has 0 heterocycles. The zero-order valence-corrected chi connectivity index (χ0v) is 11.5. The third-order valence-electron chi connectivity index (χ3n) is 3.28. The van der Waals surface area contributed by atoms with E-state index in [1.807, 2.05) is 0 Å². The Kier molecular flexibility index (Phi) is 9.18. The highest BCUT2D eigenvalue weighted by Crippen LogP contribution is 2.19. The standard InChI is InChI=1S/C14H31N/c1-6-8-9-10-11-13(5)14(12(3)4)15-7-2/h12-15H,6-11H2,1-5H3. The summed E-state index contributed by atoms with van der Waals surface area (Å²) in [4.78, 5) is 0. The summed E-state index contributed by atoms with van der Waals surface area (Å²) in [6, 6.07) is 0.705. The van der Waals surface area contributed by atoms with Gasteiger partial charge in [0.2, 0.25) is 0 Å². The lowest BCUT2D eigenvalue weighted by Crippen LogP contribution is -2.39. The Morgan fingerprint density at radius 2 is 1.60 bits per heavy atom. The average molecular weight is 213 g/mol. The summed E-state index contributed by atoms with van der Waals surface area (Å²) in [5.41, 5.74) is 0. The van der Waals surface area contributed by atoms with Crippen molar-refractivity contribution in [3.05, 3.63) is 0 Å². The van der Waals surface area contributed by atoms with E-state index >= 15 is 0 Å². The second kappa shape index (κ2) is 9.21. The predicted molar refractivity (Wildman–Crippen MR) is 70.2 cm³/mol. The van der Waals surface area contributed by atoms with E-state index in [0.29, 0.717) is 6.04 Å². The molecule has 15 heavy (non-hydrogen) atoms. The summed E-state index contributed by atoms with van der Waals surface area (Å²) in [6.45, 7) is 12.6. The highest BCUT2D eigenvalue weighted by atomic mass is 14.9. The molecule has 0 aromatic rings. The number of hydrogen-bond donors (Lipinski definition) is 1. The molecule has 0 aliphatic heterocycles. The summed E-state index contributed by atoms with van der Waals surface area (Å²) < 4.78 is 0. The fraction of sp³-hybridized carbons (Fsp3) is 1.00. The zero-order valence-electron chi connectivity index (χ0n) is 11.5. The van der Waals surface area contributed by atoms with E-state index in [0.717, 1.165) is 18.4 Å². The first-order valence-corrected chi connectivity index (χ1v) is 6.86. The molecule has 1 heteroatoms. The minimum absolute atomic E-state index is 0.705. The highest BCUT2D eigenvalue weighted by molar-refractivity contribution is 4.75. The van der Waals surface area contributed by atoms with E-state index in [9.17, 15) is 0 Å². The van der Waals surface area contributed by atoms with Gasteiger partial charge in [-0.05, 0) is 24.8 Å². The lowest BCUT2D eigenvalue weighted by Gasteiger charge is -2.28. The summed E-state index contributed by atoms with van der Waals surface area (Å²) in [7, 11) is 0. The molecule has 0 bridgehead atoms. The molecule has 2 unspecified atom stereocenters. The fourth-order valence-corrected chi connectivity index (χ4v) is 2.40. The Morgan fingerprint density at radius 1 is 0.933 bits per heavy atom. The van der Waals surface area contributed by atoms with Crippen molar-refractivity contribution >= 4 is 0 Å². The first-order valence-electron chi connectivity index (χ1n) is 6.86. The average Bonchev–Trinajstić information content (AvgIpc) is 2.20. The van der Waals surface area contributed by atoms with Gasteiger partial charge in [-0.15, -0.1) is 0 Å². The lowest BCUT2D eigenvalue weighted by molar-refractivity contribution is 0.284. The van der Waals surface area contributed by atoms with Crippen LogP contribution in [0.2, 0.25) is 0 Å². The third kappa shape index (κ3) is 6.94. The van der Waals surface area contributed by atoms with Crippen molar-refractivity contribution in [3.63, 3.8) is 0 Å². The van der Waals surface area contributed by atoms with Crippen LogP contribution in [-0.2, 0) is 0 Å². The minimum Gasteiger partial charge on any atom is -0.314 e. The van der Waals surface area contributed by atoms with E-state index < -0.39 is 0 Å². The van der Waals surface area contributed by atoms with Gasteiger partial charge in [-0.1, -0.05) is 60.3 Å². The zero-order chi connectivity index (χ0) is 11.7. The number of rotatable bonds is 9. The summed E-state index contributed by atoms with van der Waals surface area (Å²) >= 11 is 0. The first-order chi connectivity index (χ1) is 7.13. The summed E-state index contributed by atoms with van der Waals surface area (Å²) in [6.07, 6.45) is 6.95. The maximum atomic E-state index is 3.62. The molecule has 0 fully saturated rings. The molecular formula is C14H31N. The third-order valence-corrected chi connectivity index (χ3v) is 3.28. The van der Waals surface area contributed by atoms with E-state index in [-0.39, 0.29) is 0 Å². The van der Waals surface area contributed by atoms with Gasteiger partial charge in [0.15, 0.2) is 0 Å². The van der Waals surface area contributed by atoms with Gasteiger partial charge in [0.05, 0.1) is 0 Å². The lowest BCUT2D eigenvalue weighted by atomic mass is 9.88. The quantitative estimate of drug-likeness (QED) is 0.565. The van der Waals surface area contributed by atoms with Crippen molar-refractivity contribution in [3.8, 4) is 0 Å². The van der Waals surface area contributed by atoms with E-state index in [2.05, 4.69) is 39.9 Å². The van der Waals surface area contributed by atoms with Gasteiger partial charge in [0.1, 0.15) is 0 Å². The van der Waals surface area contributed by atoms with Gasteiger partial charge in [0, 0.05) is 6.04 Å². The van der Waals surface area contributed by atoms with Crippen molar-refractivity contribution in [1.29, 1.82) is 0 Å². The maximum Gasteiger partial charge on any atom is 0.0116 e. The Morgan fingerprint density at radius 3 is 2.07 bits per heavy atom. The van der Waals surface area contributed by atoms with E-state index in [1.54, 1.807) is 0 Å². The van der Waals surface area contributed by atoms with Crippen LogP contribution in [0.5, 0.6) is 0 Å². The first kappa shape index (κ1) is 15.0. The Hall–Kier alpha value is -0.0400. The second-order valence-electron chi connectivity index (χ2n) is 5.15. The molecule has 0 saturated heterocycles. The summed E-state index contributed by atoms with van der Waals surface area (Å²) in [5, 5.41) is 3.62. The molecule has 0 aromatic heterocycles. The van der Waals surface area contributed by atoms with Crippen LogP contribution >= 0.6 is 0 Å². The predicted octanol–water partition coefficient (Wildman–Crippen LogP) is 4.23. The Labute approximate surface area is 97.0 Å². The molecule has 0 aliphatic rings. The second-order valence-corrected chi connectivity index (χ2v) is 5.15. The van der Waals surface area contributed by atoms with Gasteiger partial charge < -0.3 is 5.32 Å². The van der Waals surface area contributed by atoms with Crippen LogP contribution in [-0.4, -0.2) is 12.6 Å². The molecule has 0 aliphatic carbocycles. The molecular weight excluding hydrogens is 182 g/mol. The molecule has 0 saturated carbocycles. The van der Waals surface area contributed by atoms with E-state index in [4.69, 9.17) is 0 Å². The SMILES string of the molecule is CCCCCCC(C)C(NCC)C(C)C. The van der Waals surface area contributed by atoms with Crippen LogP contribution in [0.4, 0.5) is 0 Å². The minimum atomic E-state index is 0.705. The van der Waals surface area contributed by atoms with E-state index in [1.165, 1.54) is 32.1 Å². The van der Waals surface area contributed by atoms with Gasteiger partial charge in [-0.3, -0.25) is 0 Å². The van der Waals surface area contributed by atoms with Gasteiger partial charge in [-0.25, -0.2) is 0 Å². The maximum absolute atomic E-state index is 3.62. The van der Waals surface area contributed by atoms with Gasteiger partial charge in [-0.2, -0.15) is 0 Å². The van der Waals surface area contributed by atoms with Gasteiger partial charge in [0.25, 0.3) is 0 Å². The number of nitrogens with one attached hydrogen (secondary N) is 1. The Bertz CT molecular complexity index is 131. The topological polar surface area (TPSA) is 12.0 Å². The number of unbranched alkanes of at least 4 members (excludes halogenated alkanes) is 3. The van der Waals surface area contributed by atoms with Crippen LogP contribution in [0.3, 0.4) is 0 Å². The molecule has 1 N–H and O–H groups in total. The van der Waals surface area contributed by atoms with Crippen molar-refractivity contribution in [2.75, 3.05) is 6.54 Å². The normalized spacial score (nSPS) is 15.6. The number of hydrogen-bond acceptors (Lipinski definition) is 1. The molecule has 2 atom stereocenters. The van der Waals surface area contributed by atoms with Crippen molar-refractivity contribution in [2.45, 2.75) is 72.8 Å². The molecule has 0 radical (unpaired) electrons. The van der Waals surface area contributed by atoms with Crippen LogP contribution in [0.25, 0.3) is 0 Å². The Balaban J connectivity index is 3.76. The van der Waals surface area contributed by atoms with Crippen molar-refractivity contribution < 1.29 is 0 Å². The molecule has 0 spiro atoms. The van der Waals surface area contributed by atoms with Crippen molar-refractivity contribution in [1.82, 2.24) is 5.32 Å². The highest BCUT2D eigenvalue weighted by Gasteiger charge is 2.18. The molecule has 0 aromatic carbocycles. The monoisotopic (exact) mass is 213 g/mol. The molecule has 0 rings (SSSR count). The molecule has 0 amide bonds. The fourth-order valence-electron chi connectivity index (χ4n) is 2.40. The van der Waals surface area contributed by atoms with Gasteiger partial charge >= 0.3 is 0 Å². The van der Waals surface area contributed by atoms with Crippen molar-refractivity contribution in [2.24, 2.45) is 11.8 Å². The smallest absolute Gasteiger partial charge is 0.0116 e. The van der Waals surface area contributed by atoms with Crippen LogP contribution < -0.4 is 5.32 Å². The molecule has 92 valence electrons. The van der Waals surface area contributed by atoms with Crippen LogP contribution in [0.1, 0.15) is 66.7 Å². The largest absolute Gasteiger partial charge is 0.314 e. The summed E-state index contributed by atoms with van der Waals surface area (Å²) in [5.74, 6) is 1.58. The van der Waals surface area contributed by atoms with Crippen LogP contribution in [0, 0.1) is 11.8 Å².